The van der Waals surface area contributed by atoms with E-state index in [2.05, 4.69) is 0 Å². The summed E-state index contributed by atoms with van der Waals surface area (Å²) < 4.78 is 19.4. The fourth-order valence-electron chi connectivity index (χ4n) is 2.08. The maximum absolute atomic E-state index is 13.9. The molecule has 1 fully saturated rings. The van der Waals surface area contributed by atoms with E-state index in [4.69, 9.17) is 4.74 Å². The minimum absolute atomic E-state index is 0.125. The van der Waals surface area contributed by atoms with Crippen LogP contribution in [0.1, 0.15) is 25.5 Å². The largest absolute Gasteiger partial charge is 0.389 e. The average Bonchev–Trinajstić information content (AvgIpc) is 2.28. The number of hydrogen-bond acceptors (Lipinski definition) is 3. The summed E-state index contributed by atoms with van der Waals surface area (Å²) >= 11 is 0. The van der Waals surface area contributed by atoms with Crippen molar-refractivity contribution in [3.05, 3.63) is 29.6 Å². The van der Waals surface area contributed by atoms with E-state index in [-0.39, 0.29) is 11.9 Å². The Morgan fingerprint density at radius 1 is 1.53 bits per heavy atom. The molecule has 0 bridgehead atoms. The Labute approximate surface area is 101 Å². The summed E-state index contributed by atoms with van der Waals surface area (Å²) in [5.74, 6) is -0.280. The number of hydrogen-bond donors (Lipinski definition) is 1. The van der Waals surface area contributed by atoms with E-state index in [0.717, 1.165) is 0 Å². The Kier molecular flexibility index (Phi) is 3.64. The molecule has 1 aliphatic heterocycles. The zero-order valence-electron chi connectivity index (χ0n) is 10.2. The second-order valence-corrected chi connectivity index (χ2v) is 4.51. The SMILES string of the molecule is CC1CN(c2ccc([C@H](C)O)cc2F)CCO1. The van der Waals surface area contributed by atoms with E-state index in [0.29, 0.717) is 30.9 Å². The lowest BCUT2D eigenvalue weighted by molar-refractivity contribution is 0.0530. The van der Waals surface area contributed by atoms with E-state index in [9.17, 15) is 9.50 Å². The highest BCUT2D eigenvalue weighted by Crippen LogP contribution is 2.24. The summed E-state index contributed by atoms with van der Waals surface area (Å²) in [5.41, 5.74) is 1.19. The maximum Gasteiger partial charge on any atom is 0.146 e. The molecule has 1 aromatic carbocycles. The zero-order chi connectivity index (χ0) is 12.4. The van der Waals surface area contributed by atoms with Gasteiger partial charge in [0.15, 0.2) is 0 Å². The first-order valence-corrected chi connectivity index (χ1v) is 5.92. The zero-order valence-corrected chi connectivity index (χ0v) is 10.2. The van der Waals surface area contributed by atoms with Crippen molar-refractivity contribution in [3.8, 4) is 0 Å². The first-order valence-electron chi connectivity index (χ1n) is 5.92. The molecule has 1 heterocycles. The van der Waals surface area contributed by atoms with Gasteiger partial charge in [-0.05, 0) is 31.5 Å². The number of nitrogens with zero attached hydrogens (tertiary/aromatic N) is 1. The number of aliphatic hydroxyl groups excluding tert-OH is 1. The second-order valence-electron chi connectivity index (χ2n) is 4.51. The minimum atomic E-state index is -0.637. The molecule has 4 heteroatoms. The first-order chi connectivity index (χ1) is 8.08. The molecule has 0 saturated carbocycles. The van der Waals surface area contributed by atoms with Crippen molar-refractivity contribution in [1.82, 2.24) is 0 Å². The van der Waals surface area contributed by atoms with Crippen LogP contribution in [-0.2, 0) is 4.74 Å². The molecule has 1 unspecified atom stereocenters. The molecule has 0 aliphatic carbocycles. The predicted molar refractivity (Wildman–Crippen MR) is 64.7 cm³/mol. The maximum atomic E-state index is 13.9. The normalized spacial score (nSPS) is 22.6. The third-order valence-corrected chi connectivity index (χ3v) is 3.04. The molecule has 94 valence electrons. The molecule has 0 radical (unpaired) electrons. The molecule has 1 N–H and O–H groups in total. The van der Waals surface area contributed by atoms with Gasteiger partial charge in [-0.2, -0.15) is 0 Å². The number of halogens is 1. The highest BCUT2D eigenvalue weighted by molar-refractivity contribution is 5.49. The molecule has 2 atom stereocenters. The van der Waals surface area contributed by atoms with Crippen molar-refractivity contribution >= 4 is 5.69 Å². The average molecular weight is 239 g/mol. The van der Waals surface area contributed by atoms with Crippen molar-refractivity contribution in [3.63, 3.8) is 0 Å². The van der Waals surface area contributed by atoms with Crippen LogP contribution in [0.25, 0.3) is 0 Å². The minimum Gasteiger partial charge on any atom is -0.389 e. The number of aliphatic hydroxyl groups is 1. The third-order valence-electron chi connectivity index (χ3n) is 3.04. The van der Waals surface area contributed by atoms with Crippen LogP contribution in [0.5, 0.6) is 0 Å². The van der Waals surface area contributed by atoms with Gasteiger partial charge >= 0.3 is 0 Å². The van der Waals surface area contributed by atoms with Crippen LogP contribution in [-0.4, -0.2) is 30.9 Å². The molecular weight excluding hydrogens is 221 g/mol. The van der Waals surface area contributed by atoms with Gasteiger partial charge < -0.3 is 14.7 Å². The topological polar surface area (TPSA) is 32.7 Å². The van der Waals surface area contributed by atoms with Crippen LogP contribution >= 0.6 is 0 Å². The summed E-state index contributed by atoms with van der Waals surface area (Å²) in [6.45, 7) is 5.64. The standard InChI is InChI=1S/C13H18FNO2/c1-9-8-15(5-6-17-9)13-4-3-11(10(2)16)7-12(13)14/h3-4,7,9-10,16H,5-6,8H2,1-2H3/t9?,10-/m0/s1. The summed E-state index contributed by atoms with van der Waals surface area (Å²) in [6, 6.07) is 4.90. The summed E-state index contributed by atoms with van der Waals surface area (Å²) in [6.07, 6.45) is -0.512. The van der Waals surface area contributed by atoms with Crippen LogP contribution in [0.15, 0.2) is 18.2 Å². The Balaban J connectivity index is 2.21. The number of morpholine rings is 1. The van der Waals surface area contributed by atoms with Crippen LogP contribution in [0.4, 0.5) is 10.1 Å². The van der Waals surface area contributed by atoms with Crippen molar-refractivity contribution in [1.29, 1.82) is 0 Å². The van der Waals surface area contributed by atoms with Crippen molar-refractivity contribution in [2.75, 3.05) is 24.6 Å². The lowest BCUT2D eigenvalue weighted by atomic mass is 10.1. The Bertz CT molecular complexity index is 395. The molecule has 3 nitrogen and oxygen atoms in total. The smallest absolute Gasteiger partial charge is 0.146 e. The van der Waals surface area contributed by atoms with Gasteiger partial charge in [-0.15, -0.1) is 0 Å². The highest BCUT2D eigenvalue weighted by atomic mass is 19.1. The van der Waals surface area contributed by atoms with Gasteiger partial charge in [0.05, 0.1) is 24.5 Å². The number of anilines is 1. The highest BCUT2D eigenvalue weighted by Gasteiger charge is 2.19. The summed E-state index contributed by atoms with van der Waals surface area (Å²) in [4.78, 5) is 1.98. The predicted octanol–water partition coefficient (Wildman–Crippen LogP) is 2.10. The molecule has 1 saturated heterocycles. The molecule has 1 aliphatic rings. The molecule has 0 amide bonds. The van der Waals surface area contributed by atoms with Crippen LogP contribution in [0, 0.1) is 5.82 Å². The summed E-state index contributed by atoms with van der Waals surface area (Å²) in [7, 11) is 0. The van der Waals surface area contributed by atoms with Gasteiger partial charge in [-0.25, -0.2) is 4.39 Å². The lowest BCUT2D eigenvalue weighted by Gasteiger charge is -2.33. The molecular formula is C13H18FNO2. The number of benzene rings is 1. The first kappa shape index (κ1) is 12.3. The van der Waals surface area contributed by atoms with Crippen LogP contribution < -0.4 is 4.90 Å². The fourth-order valence-corrected chi connectivity index (χ4v) is 2.08. The fraction of sp³-hybridized carbons (Fsp3) is 0.538. The number of ether oxygens (including phenoxy) is 1. The van der Waals surface area contributed by atoms with E-state index in [1.54, 1.807) is 19.1 Å². The quantitative estimate of drug-likeness (QED) is 0.858. The number of rotatable bonds is 2. The molecule has 1 aromatic rings. The van der Waals surface area contributed by atoms with E-state index < -0.39 is 6.10 Å². The van der Waals surface area contributed by atoms with Gasteiger partial charge in [0.1, 0.15) is 5.82 Å². The van der Waals surface area contributed by atoms with Crippen LogP contribution in [0.3, 0.4) is 0 Å². The van der Waals surface area contributed by atoms with Gasteiger partial charge in [0.25, 0.3) is 0 Å². The molecule has 0 spiro atoms. The van der Waals surface area contributed by atoms with Gasteiger partial charge in [-0.1, -0.05) is 6.07 Å². The monoisotopic (exact) mass is 239 g/mol. The van der Waals surface area contributed by atoms with Gasteiger partial charge in [-0.3, -0.25) is 0 Å². The Morgan fingerprint density at radius 3 is 2.88 bits per heavy atom. The van der Waals surface area contributed by atoms with Gasteiger partial charge in [0.2, 0.25) is 0 Å². The summed E-state index contributed by atoms with van der Waals surface area (Å²) in [5, 5.41) is 9.39. The van der Waals surface area contributed by atoms with Crippen molar-refractivity contribution < 1.29 is 14.2 Å². The van der Waals surface area contributed by atoms with E-state index >= 15 is 0 Å². The molecule has 17 heavy (non-hydrogen) atoms. The molecule has 2 rings (SSSR count). The Hall–Kier alpha value is -1.13. The second kappa shape index (κ2) is 5.02. The van der Waals surface area contributed by atoms with Gasteiger partial charge in [0, 0.05) is 13.1 Å². The Morgan fingerprint density at radius 2 is 2.29 bits per heavy atom. The third kappa shape index (κ3) is 2.76. The van der Waals surface area contributed by atoms with E-state index in [1.165, 1.54) is 6.07 Å². The van der Waals surface area contributed by atoms with Crippen molar-refractivity contribution in [2.45, 2.75) is 26.1 Å². The van der Waals surface area contributed by atoms with Crippen molar-refractivity contribution in [2.24, 2.45) is 0 Å². The lowest BCUT2D eigenvalue weighted by Crippen LogP contribution is -2.41. The van der Waals surface area contributed by atoms with E-state index in [1.807, 2.05) is 11.8 Å². The van der Waals surface area contributed by atoms with Crippen LogP contribution in [0.2, 0.25) is 0 Å². The molecule has 0 aromatic heterocycles.